The van der Waals surface area contributed by atoms with Gasteiger partial charge in [-0.1, -0.05) is 12.8 Å². The molecule has 0 aromatic heterocycles. The second kappa shape index (κ2) is 8.62. The quantitative estimate of drug-likeness (QED) is 0.684. The van der Waals surface area contributed by atoms with Crippen LogP contribution >= 0.6 is 0 Å². The zero-order valence-corrected chi connectivity index (χ0v) is 12.1. The molecule has 0 saturated carbocycles. The lowest BCUT2D eigenvalue weighted by molar-refractivity contribution is -0.170. The maximum Gasteiger partial charge on any atom is 0.286 e. The fourth-order valence-corrected chi connectivity index (χ4v) is 2.26. The minimum atomic E-state index is -0.460. The van der Waals surface area contributed by atoms with Crippen LogP contribution in [0.1, 0.15) is 26.7 Å². The summed E-state index contributed by atoms with van der Waals surface area (Å²) in [5, 5.41) is 11.5. The highest BCUT2D eigenvalue weighted by molar-refractivity contribution is 5.91. The van der Waals surface area contributed by atoms with Gasteiger partial charge in [-0.25, -0.2) is 0 Å². The minimum Gasteiger partial charge on any atom is -0.459 e. The Morgan fingerprint density at radius 2 is 2.40 bits per heavy atom. The lowest BCUT2D eigenvalue weighted by Crippen LogP contribution is -2.39. The van der Waals surface area contributed by atoms with E-state index < -0.39 is 6.29 Å². The number of hydrogen-bond acceptors (Lipinski definition) is 4. The molecule has 0 fully saturated rings. The van der Waals surface area contributed by atoms with E-state index in [0.29, 0.717) is 13.0 Å². The van der Waals surface area contributed by atoms with Crippen LogP contribution in [0.2, 0.25) is 0 Å². The molecule has 3 atom stereocenters. The van der Waals surface area contributed by atoms with Crippen LogP contribution in [0.4, 0.5) is 0 Å². The number of allylic oxidation sites excluding steroid dienone is 1. The van der Waals surface area contributed by atoms with E-state index in [1.165, 1.54) is 0 Å². The van der Waals surface area contributed by atoms with Gasteiger partial charge in [0, 0.05) is 19.1 Å². The molecule has 0 aromatic rings. The van der Waals surface area contributed by atoms with E-state index in [4.69, 9.17) is 21.0 Å². The normalized spacial score (nSPS) is 25.3. The Morgan fingerprint density at radius 3 is 3.00 bits per heavy atom. The first kappa shape index (κ1) is 16.5. The summed E-state index contributed by atoms with van der Waals surface area (Å²) in [4.78, 5) is 11.9. The summed E-state index contributed by atoms with van der Waals surface area (Å²) >= 11 is 0. The van der Waals surface area contributed by atoms with E-state index >= 15 is 0 Å². The van der Waals surface area contributed by atoms with Crippen LogP contribution in [0, 0.1) is 24.2 Å². The average Bonchev–Trinajstić information content (AvgIpc) is 2.44. The summed E-state index contributed by atoms with van der Waals surface area (Å²) in [5.74, 6) is 2.55. The van der Waals surface area contributed by atoms with Crippen LogP contribution in [0.5, 0.6) is 0 Å². The summed E-state index contributed by atoms with van der Waals surface area (Å²) in [6.07, 6.45) is 7.93. The van der Waals surface area contributed by atoms with E-state index in [0.717, 1.165) is 6.42 Å². The van der Waals surface area contributed by atoms with Gasteiger partial charge in [0.05, 0.1) is 6.54 Å². The molecule has 112 valence electrons. The Labute approximate surface area is 120 Å². The number of rotatable bonds is 7. The molecular formula is C15H23NO4. The van der Waals surface area contributed by atoms with Crippen LogP contribution in [-0.2, 0) is 14.3 Å². The van der Waals surface area contributed by atoms with Crippen molar-refractivity contribution in [2.24, 2.45) is 11.8 Å². The molecule has 0 aliphatic carbocycles. The van der Waals surface area contributed by atoms with Crippen LogP contribution < -0.4 is 5.32 Å². The van der Waals surface area contributed by atoms with Crippen molar-refractivity contribution in [2.75, 3.05) is 19.8 Å². The molecule has 0 spiro atoms. The molecule has 1 aliphatic rings. The van der Waals surface area contributed by atoms with Gasteiger partial charge in [0.2, 0.25) is 6.29 Å². The molecule has 1 rings (SSSR count). The first-order valence-electron chi connectivity index (χ1n) is 6.96. The summed E-state index contributed by atoms with van der Waals surface area (Å²) in [6, 6.07) is 0. The molecule has 5 heteroatoms. The van der Waals surface area contributed by atoms with Gasteiger partial charge in [0.25, 0.3) is 5.91 Å². The molecule has 0 saturated heterocycles. The highest BCUT2D eigenvalue weighted by atomic mass is 16.7. The Balaban J connectivity index is 2.76. The maximum absolute atomic E-state index is 11.9. The van der Waals surface area contributed by atoms with Gasteiger partial charge in [-0.2, -0.15) is 0 Å². The first-order chi connectivity index (χ1) is 9.63. The van der Waals surface area contributed by atoms with Gasteiger partial charge >= 0.3 is 0 Å². The summed E-state index contributed by atoms with van der Waals surface area (Å²) in [5.41, 5.74) is 0. The van der Waals surface area contributed by atoms with Crippen molar-refractivity contribution in [3.05, 3.63) is 11.8 Å². The number of amides is 1. The molecule has 1 amide bonds. The van der Waals surface area contributed by atoms with Crippen molar-refractivity contribution in [2.45, 2.75) is 33.0 Å². The van der Waals surface area contributed by atoms with E-state index in [9.17, 15) is 4.79 Å². The smallest absolute Gasteiger partial charge is 0.286 e. The molecule has 1 aliphatic heterocycles. The van der Waals surface area contributed by atoms with Crippen molar-refractivity contribution in [3.63, 3.8) is 0 Å². The molecule has 0 bridgehead atoms. The molecular weight excluding hydrogens is 258 g/mol. The summed E-state index contributed by atoms with van der Waals surface area (Å²) in [7, 11) is 0. The monoisotopic (exact) mass is 281 g/mol. The lowest BCUT2D eigenvalue weighted by atomic mass is 9.87. The standard InChI is InChI=1S/C15H23NO4/c1-4-8-16-14(18)13-10-11(3)12(7-6-9-17)15(20-13)19-5-2/h1,10-12,15,17H,5-9H2,2-3H3,(H,16,18)/t11-,12-,15+/m0/s1. The van der Waals surface area contributed by atoms with Gasteiger partial charge in [-0.05, 0) is 31.8 Å². The third kappa shape index (κ3) is 4.55. The summed E-state index contributed by atoms with van der Waals surface area (Å²) < 4.78 is 11.2. The second-order valence-electron chi connectivity index (χ2n) is 4.75. The number of ether oxygens (including phenoxy) is 2. The van der Waals surface area contributed by atoms with E-state index in [2.05, 4.69) is 11.2 Å². The van der Waals surface area contributed by atoms with Gasteiger partial charge in [0.15, 0.2) is 5.76 Å². The molecule has 2 N–H and O–H groups in total. The highest BCUT2D eigenvalue weighted by Crippen LogP contribution is 2.32. The van der Waals surface area contributed by atoms with Crippen molar-refractivity contribution in [3.8, 4) is 12.3 Å². The highest BCUT2D eigenvalue weighted by Gasteiger charge is 2.34. The third-order valence-corrected chi connectivity index (χ3v) is 3.28. The number of carbonyl (C=O) groups excluding carboxylic acids is 1. The molecule has 0 aromatic carbocycles. The van der Waals surface area contributed by atoms with E-state index in [1.54, 1.807) is 6.08 Å². The predicted octanol–water partition coefficient (Wildman–Crippen LogP) is 1.04. The first-order valence-corrected chi connectivity index (χ1v) is 6.96. The van der Waals surface area contributed by atoms with Crippen LogP contribution in [0.15, 0.2) is 11.8 Å². The van der Waals surface area contributed by atoms with E-state index in [-0.39, 0.29) is 36.7 Å². The zero-order valence-electron chi connectivity index (χ0n) is 12.1. The Morgan fingerprint density at radius 1 is 1.65 bits per heavy atom. The number of aliphatic hydroxyl groups excluding tert-OH is 1. The van der Waals surface area contributed by atoms with E-state index in [1.807, 2.05) is 13.8 Å². The van der Waals surface area contributed by atoms with Gasteiger partial charge < -0.3 is 19.9 Å². The molecule has 0 unspecified atom stereocenters. The molecule has 5 nitrogen and oxygen atoms in total. The van der Waals surface area contributed by atoms with Crippen LogP contribution in [0.3, 0.4) is 0 Å². The van der Waals surface area contributed by atoms with Crippen molar-refractivity contribution in [1.82, 2.24) is 5.32 Å². The van der Waals surface area contributed by atoms with Gasteiger partial charge in [-0.3, -0.25) is 4.79 Å². The number of terminal acetylenes is 1. The SMILES string of the molecule is C#CCNC(=O)C1=C[C@H](C)[C@H](CCCO)[C@H](OCC)O1. The van der Waals surface area contributed by atoms with Crippen molar-refractivity contribution >= 4 is 5.91 Å². The third-order valence-electron chi connectivity index (χ3n) is 3.28. The average molecular weight is 281 g/mol. The molecule has 20 heavy (non-hydrogen) atoms. The number of aliphatic hydroxyl groups is 1. The number of hydrogen-bond donors (Lipinski definition) is 2. The topological polar surface area (TPSA) is 67.8 Å². The van der Waals surface area contributed by atoms with Crippen LogP contribution in [-0.4, -0.2) is 37.1 Å². The number of nitrogens with one attached hydrogen (secondary N) is 1. The second-order valence-corrected chi connectivity index (χ2v) is 4.75. The van der Waals surface area contributed by atoms with Crippen molar-refractivity contribution < 1.29 is 19.4 Å². The lowest BCUT2D eigenvalue weighted by Gasteiger charge is -2.35. The maximum atomic E-state index is 11.9. The number of carbonyl (C=O) groups is 1. The van der Waals surface area contributed by atoms with Crippen LogP contribution in [0.25, 0.3) is 0 Å². The molecule has 0 radical (unpaired) electrons. The Hall–Kier alpha value is -1.51. The molecule has 1 heterocycles. The Bertz CT molecular complexity index is 386. The zero-order chi connectivity index (χ0) is 15.0. The largest absolute Gasteiger partial charge is 0.459 e. The van der Waals surface area contributed by atoms with Gasteiger partial charge in [-0.15, -0.1) is 6.42 Å². The fourth-order valence-electron chi connectivity index (χ4n) is 2.26. The minimum absolute atomic E-state index is 0.131. The predicted molar refractivity (Wildman–Crippen MR) is 75.4 cm³/mol. The van der Waals surface area contributed by atoms with Crippen molar-refractivity contribution in [1.29, 1.82) is 0 Å². The van der Waals surface area contributed by atoms with Gasteiger partial charge in [0.1, 0.15) is 0 Å². The Kier molecular flexibility index (Phi) is 7.13. The fraction of sp³-hybridized carbons (Fsp3) is 0.667. The summed E-state index contributed by atoms with van der Waals surface area (Å²) in [6.45, 7) is 4.72.